The van der Waals surface area contributed by atoms with Gasteiger partial charge in [0.1, 0.15) is 0 Å². The van der Waals surface area contributed by atoms with Crippen LogP contribution in [0.2, 0.25) is 0 Å². The van der Waals surface area contributed by atoms with Gasteiger partial charge in [-0.25, -0.2) is 0 Å². The lowest BCUT2D eigenvalue weighted by molar-refractivity contribution is -0.171. The summed E-state index contributed by atoms with van der Waals surface area (Å²) in [5.41, 5.74) is 0. The molecule has 0 spiro atoms. The quantitative estimate of drug-likeness (QED) is 0.566. The minimum Gasteiger partial charge on any atom is -0.356 e. The van der Waals surface area contributed by atoms with Crippen LogP contribution in [-0.4, -0.2) is 41.0 Å². The fourth-order valence-electron chi connectivity index (χ4n) is 1.49. The molecule has 0 aromatic heterocycles. The van der Waals surface area contributed by atoms with Gasteiger partial charge in [0, 0.05) is 40.8 Å². The van der Waals surface area contributed by atoms with Crippen molar-refractivity contribution in [2.45, 2.75) is 32.3 Å². The molecule has 0 amide bonds. The van der Waals surface area contributed by atoms with Gasteiger partial charge < -0.3 is 18.9 Å². The number of hydrogen-bond acceptors (Lipinski definition) is 4. The highest BCUT2D eigenvalue weighted by Crippen LogP contribution is 2.20. The number of methoxy groups -OCH3 is 4. The molecule has 0 saturated carbocycles. The van der Waals surface area contributed by atoms with Gasteiger partial charge >= 0.3 is 0 Å². The molecule has 0 radical (unpaired) electrons. The Hall–Kier alpha value is -0.160. The first-order valence-electron chi connectivity index (χ1n) is 4.84. The summed E-state index contributed by atoms with van der Waals surface area (Å²) in [6.07, 6.45) is 1.37. The van der Waals surface area contributed by atoms with E-state index in [1.165, 1.54) is 0 Å². The van der Waals surface area contributed by atoms with Crippen molar-refractivity contribution in [2.75, 3.05) is 28.4 Å². The smallest absolute Gasteiger partial charge is 0.159 e. The van der Waals surface area contributed by atoms with Crippen molar-refractivity contribution in [3.05, 3.63) is 0 Å². The zero-order chi connectivity index (χ0) is 11.0. The third kappa shape index (κ3) is 4.37. The lowest BCUT2D eigenvalue weighted by Crippen LogP contribution is -2.29. The Balaban J connectivity index is 4.10. The Kier molecular flexibility index (Phi) is 8.08. The lowest BCUT2D eigenvalue weighted by Gasteiger charge is -2.26. The Morgan fingerprint density at radius 2 is 1.36 bits per heavy atom. The normalized spacial score (nSPS) is 13.9. The molecule has 14 heavy (non-hydrogen) atoms. The van der Waals surface area contributed by atoms with Crippen molar-refractivity contribution in [1.82, 2.24) is 0 Å². The van der Waals surface area contributed by atoms with Crippen molar-refractivity contribution < 1.29 is 18.9 Å². The molecule has 86 valence electrons. The van der Waals surface area contributed by atoms with E-state index in [0.29, 0.717) is 0 Å². The van der Waals surface area contributed by atoms with Gasteiger partial charge in [0.2, 0.25) is 0 Å². The number of rotatable bonds is 8. The van der Waals surface area contributed by atoms with Crippen LogP contribution in [0.4, 0.5) is 0 Å². The molecular formula is C10H22O4. The van der Waals surface area contributed by atoms with Crippen LogP contribution in [0.25, 0.3) is 0 Å². The van der Waals surface area contributed by atoms with E-state index in [1.54, 1.807) is 28.4 Å². The maximum atomic E-state index is 5.21. The van der Waals surface area contributed by atoms with E-state index in [2.05, 4.69) is 6.92 Å². The molecule has 1 atom stereocenters. The van der Waals surface area contributed by atoms with E-state index >= 15 is 0 Å². The summed E-state index contributed by atoms with van der Waals surface area (Å²) in [7, 11) is 6.56. The second kappa shape index (κ2) is 8.17. The summed E-state index contributed by atoms with van der Waals surface area (Å²) < 4.78 is 20.7. The van der Waals surface area contributed by atoms with Crippen molar-refractivity contribution >= 4 is 0 Å². The van der Waals surface area contributed by atoms with Crippen LogP contribution in [0.5, 0.6) is 0 Å². The van der Waals surface area contributed by atoms with Crippen molar-refractivity contribution in [3.63, 3.8) is 0 Å². The minimum atomic E-state index is -0.187. The van der Waals surface area contributed by atoms with Crippen LogP contribution in [0.3, 0.4) is 0 Å². The summed E-state index contributed by atoms with van der Waals surface area (Å²) in [5, 5.41) is 0. The molecule has 4 nitrogen and oxygen atoms in total. The summed E-state index contributed by atoms with van der Waals surface area (Å²) in [5.74, 6) is 0.287. The van der Waals surface area contributed by atoms with Crippen molar-refractivity contribution in [1.29, 1.82) is 0 Å². The van der Waals surface area contributed by atoms with Crippen LogP contribution >= 0.6 is 0 Å². The molecule has 0 aromatic rings. The Morgan fingerprint density at radius 3 is 1.64 bits per heavy atom. The molecule has 0 aliphatic carbocycles. The largest absolute Gasteiger partial charge is 0.356 e. The third-order valence-electron chi connectivity index (χ3n) is 2.39. The van der Waals surface area contributed by atoms with Gasteiger partial charge in [-0.15, -0.1) is 0 Å². The number of hydrogen-bond donors (Lipinski definition) is 0. The SMILES string of the molecule is CCC(CC(OC)OC)C(OC)OC. The fourth-order valence-corrected chi connectivity index (χ4v) is 1.49. The second-order valence-corrected chi connectivity index (χ2v) is 3.14. The van der Waals surface area contributed by atoms with E-state index in [4.69, 9.17) is 18.9 Å². The standard InChI is InChI=1S/C10H22O4/c1-6-8(10(13-4)14-5)7-9(11-2)12-3/h8-10H,6-7H2,1-5H3. The maximum absolute atomic E-state index is 5.21. The molecule has 0 N–H and O–H groups in total. The van der Waals surface area contributed by atoms with Gasteiger partial charge in [-0.2, -0.15) is 0 Å². The molecule has 0 aliphatic heterocycles. The second-order valence-electron chi connectivity index (χ2n) is 3.14. The van der Waals surface area contributed by atoms with Gasteiger partial charge in [-0.05, 0) is 6.42 Å². The Labute approximate surface area is 86.5 Å². The van der Waals surface area contributed by atoms with E-state index < -0.39 is 0 Å². The van der Waals surface area contributed by atoms with E-state index in [1.807, 2.05) is 0 Å². The van der Waals surface area contributed by atoms with E-state index in [9.17, 15) is 0 Å². The van der Waals surface area contributed by atoms with E-state index in [0.717, 1.165) is 12.8 Å². The molecule has 0 aliphatic rings. The number of ether oxygens (including phenoxy) is 4. The summed E-state index contributed by atoms with van der Waals surface area (Å²) in [6, 6.07) is 0. The zero-order valence-electron chi connectivity index (χ0n) is 9.78. The maximum Gasteiger partial charge on any atom is 0.159 e. The van der Waals surface area contributed by atoms with Gasteiger partial charge in [0.05, 0.1) is 0 Å². The topological polar surface area (TPSA) is 36.9 Å². The molecule has 1 unspecified atom stereocenters. The van der Waals surface area contributed by atoms with Crippen LogP contribution in [0.1, 0.15) is 19.8 Å². The van der Waals surface area contributed by atoms with Crippen LogP contribution in [0.15, 0.2) is 0 Å². The molecule has 0 heterocycles. The molecule has 4 heteroatoms. The van der Waals surface area contributed by atoms with Crippen LogP contribution in [0, 0.1) is 5.92 Å². The molecular weight excluding hydrogens is 184 g/mol. The van der Waals surface area contributed by atoms with Gasteiger partial charge in [-0.3, -0.25) is 0 Å². The lowest BCUT2D eigenvalue weighted by atomic mass is 10.0. The molecule has 0 rings (SSSR count). The predicted octanol–water partition coefficient (Wildman–Crippen LogP) is 1.64. The molecule has 0 bridgehead atoms. The highest BCUT2D eigenvalue weighted by atomic mass is 16.7. The minimum absolute atomic E-state index is 0.187. The summed E-state index contributed by atoms with van der Waals surface area (Å²) >= 11 is 0. The molecule has 0 fully saturated rings. The average Bonchev–Trinajstić information content (AvgIpc) is 2.24. The van der Waals surface area contributed by atoms with Crippen LogP contribution in [-0.2, 0) is 18.9 Å². The highest BCUT2D eigenvalue weighted by molar-refractivity contribution is 4.63. The van der Waals surface area contributed by atoms with Crippen molar-refractivity contribution in [2.24, 2.45) is 5.92 Å². The third-order valence-corrected chi connectivity index (χ3v) is 2.39. The zero-order valence-corrected chi connectivity index (χ0v) is 9.78. The first kappa shape index (κ1) is 13.8. The first-order chi connectivity index (χ1) is 6.73. The summed E-state index contributed by atoms with van der Waals surface area (Å²) in [4.78, 5) is 0. The Bertz CT molecular complexity index is 121. The van der Waals surface area contributed by atoms with Gasteiger partial charge in [0.15, 0.2) is 12.6 Å². The highest BCUT2D eigenvalue weighted by Gasteiger charge is 2.23. The monoisotopic (exact) mass is 206 g/mol. The Morgan fingerprint density at radius 1 is 0.857 bits per heavy atom. The summed E-state index contributed by atoms with van der Waals surface area (Å²) in [6.45, 7) is 2.10. The van der Waals surface area contributed by atoms with Crippen LogP contribution < -0.4 is 0 Å². The van der Waals surface area contributed by atoms with Gasteiger partial charge in [-0.1, -0.05) is 6.92 Å². The van der Waals surface area contributed by atoms with Gasteiger partial charge in [0.25, 0.3) is 0 Å². The van der Waals surface area contributed by atoms with Crippen molar-refractivity contribution in [3.8, 4) is 0 Å². The van der Waals surface area contributed by atoms with E-state index in [-0.39, 0.29) is 18.5 Å². The molecule has 0 saturated heterocycles. The molecule has 0 aromatic carbocycles. The predicted molar refractivity (Wildman–Crippen MR) is 54.0 cm³/mol. The average molecular weight is 206 g/mol. The first-order valence-corrected chi connectivity index (χ1v) is 4.84. The fraction of sp³-hybridized carbons (Fsp3) is 1.00.